The topological polar surface area (TPSA) is 155 Å². The number of hydrogen-bond donors (Lipinski definition) is 4. The Morgan fingerprint density at radius 2 is 1.86 bits per heavy atom. The lowest BCUT2D eigenvalue weighted by atomic mass is 9.84. The van der Waals surface area contributed by atoms with E-state index in [-0.39, 0.29) is 37.7 Å². The molecule has 12 heteroatoms. The highest BCUT2D eigenvalue weighted by atomic mass is 16.6. The van der Waals surface area contributed by atoms with Crippen molar-refractivity contribution < 1.29 is 30.4 Å². The number of piperidine rings is 3. The smallest absolute Gasteiger partial charge is 0.411 e. The monoisotopic (exact) mass is 504 g/mol. The summed E-state index contributed by atoms with van der Waals surface area (Å²) in [5.74, 6) is 0.135. The Kier molecular flexibility index (Phi) is 8.86. The number of aromatic nitrogens is 2. The van der Waals surface area contributed by atoms with Gasteiger partial charge in [0.1, 0.15) is 0 Å². The van der Waals surface area contributed by atoms with Gasteiger partial charge in [-0.2, -0.15) is 9.78 Å². The Labute approximate surface area is 210 Å². The zero-order chi connectivity index (χ0) is 26.4. The minimum Gasteiger partial charge on any atom is -0.483 e. The van der Waals surface area contributed by atoms with Crippen molar-refractivity contribution in [2.45, 2.75) is 58.7 Å². The van der Waals surface area contributed by atoms with E-state index in [0.717, 1.165) is 32.5 Å². The van der Waals surface area contributed by atoms with Gasteiger partial charge in [0.2, 0.25) is 0 Å². The van der Waals surface area contributed by atoms with Gasteiger partial charge >= 0.3 is 12.1 Å². The van der Waals surface area contributed by atoms with E-state index in [2.05, 4.69) is 25.9 Å². The molecule has 0 radical (unpaired) electrons. The molecule has 1 aromatic carbocycles. The predicted octanol–water partition coefficient (Wildman–Crippen LogP) is 2.73. The van der Waals surface area contributed by atoms with Gasteiger partial charge in [-0.05, 0) is 77.7 Å². The first kappa shape index (κ1) is 26.9. The van der Waals surface area contributed by atoms with Crippen LogP contribution in [0.15, 0.2) is 18.2 Å². The quantitative estimate of drug-likeness (QED) is 0.453. The van der Waals surface area contributed by atoms with Crippen molar-refractivity contribution >= 4 is 41.1 Å². The first-order chi connectivity index (χ1) is 17.1. The van der Waals surface area contributed by atoms with Crippen LogP contribution in [0.5, 0.6) is 0 Å². The van der Waals surface area contributed by atoms with Gasteiger partial charge in [-0.1, -0.05) is 0 Å². The molecule has 0 saturated carbocycles. The molecule has 3 saturated heterocycles. The van der Waals surface area contributed by atoms with E-state index in [9.17, 15) is 14.4 Å². The Balaban J connectivity index is 0.00000115. The van der Waals surface area contributed by atoms with E-state index in [1.54, 1.807) is 32.0 Å². The zero-order valence-electron chi connectivity index (χ0n) is 21.0. The summed E-state index contributed by atoms with van der Waals surface area (Å²) in [6, 6.07) is 4.52. The molecule has 5 rings (SSSR count). The summed E-state index contributed by atoms with van der Waals surface area (Å²) in [6.07, 6.45) is 1.29. The molecule has 2 bridgehead atoms. The second-order valence-electron chi connectivity index (χ2n) is 9.50. The Bertz CT molecular complexity index is 1110. The molecular weight excluding hydrogens is 468 g/mol. The third kappa shape index (κ3) is 6.51. The molecule has 3 amide bonds. The van der Waals surface area contributed by atoms with Crippen LogP contribution in [0.25, 0.3) is 10.9 Å². The molecule has 0 unspecified atom stereocenters. The van der Waals surface area contributed by atoms with Crippen LogP contribution in [0.3, 0.4) is 0 Å². The first-order valence-electron chi connectivity index (χ1n) is 12.0. The zero-order valence-corrected chi connectivity index (χ0v) is 21.0. The van der Waals surface area contributed by atoms with E-state index >= 15 is 0 Å². The van der Waals surface area contributed by atoms with Gasteiger partial charge in [-0.25, -0.2) is 9.59 Å². The second kappa shape index (κ2) is 11.8. The van der Waals surface area contributed by atoms with E-state index < -0.39 is 12.1 Å². The number of fused-ring (bicyclic) bond motifs is 4. The maximum Gasteiger partial charge on any atom is 0.411 e. The van der Waals surface area contributed by atoms with Gasteiger partial charge in [0.25, 0.3) is 12.4 Å². The van der Waals surface area contributed by atoms with Crippen molar-refractivity contribution in [1.82, 2.24) is 25.3 Å². The average molecular weight is 505 g/mol. The lowest BCUT2D eigenvalue weighted by molar-refractivity contribution is -0.122. The van der Waals surface area contributed by atoms with Crippen LogP contribution in [-0.2, 0) is 9.53 Å². The molecule has 3 aliphatic heterocycles. The van der Waals surface area contributed by atoms with E-state index in [0.29, 0.717) is 22.5 Å². The first-order valence-corrected chi connectivity index (χ1v) is 12.0. The molecule has 36 heavy (non-hydrogen) atoms. The summed E-state index contributed by atoms with van der Waals surface area (Å²) in [7, 11) is 0. The highest BCUT2D eigenvalue weighted by Crippen LogP contribution is 2.28. The highest BCUT2D eigenvalue weighted by molar-refractivity contribution is 6.08. The Hall–Kier alpha value is -3.67. The minimum absolute atomic E-state index is 0. The van der Waals surface area contributed by atoms with Crippen LogP contribution in [0.1, 0.15) is 52.5 Å². The van der Waals surface area contributed by atoms with E-state index in [1.807, 2.05) is 13.8 Å². The summed E-state index contributed by atoms with van der Waals surface area (Å²) in [6.45, 7) is 9.96. The molecular formula is C24H36N6O6. The van der Waals surface area contributed by atoms with Crippen molar-refractivity contribution in [3.8, 4) is 0 Å². The third-order valence-corrected chi connectivity index (χ3v) is 6.06. The van der Waals surface area contributed by atoms with Crippen LogP contribution < -0.4 is 16.0 Å². The summed E-state index contributed by atoms with van der Waals surface area (Å²) in [5, 5.41) is 20.4. The highest BCUT2D eigenvalue weighted by Gasteiger charge is 2.35. The fourth-order valence-corrected chi connectivity index (χ4v) is 4.55. The van der Waals surface area contributed by atoms with Crippen molar-refractivity contribution in [3.63, 3.8) is 0 Å². The number of carboxylic acid groups (broad SMARTS) is 1. The summed E-state index contributed by atoms with van der Waals surface area (Å²) in [4.78, 5) is 48.8. The number of ether oxygens (including phenoxy) is 1. The number of nitrogens with one attached hydrogen (secondary N) is 3. The lowest BCUT2D eigenvalue weighted by Crippen LogP contribution is -2.57. The number of amides is 3. The van der Waals surface area contributed by atoms with Gasteiger partial charge in [0.05, 0.1) is 11.6 Å². The third-order valence-electron chi connectivity index (χ3n) is 6.06. The molecule has 0 spiro atoms. The molecule has 3 fully saturated rings. The fraction of sp³-hybridized carbons (Fsp3) is 0.542. The standard InChI is InChI=1S/C23H32N6O4.CH2O2.H2/c1-13(2)24-22(31)29-19-6-5-16(25-23(32)33-14(3)4)11-17(19)20(27-29)21(30)26-18-12-28-9-7-15(18)8-10-28;2-1-3;/h5-6,11,13-15,18H,7-10,12H2,1-4H3,(H,24,31)(H,25,32)(H,26,30);1H,(H,2,3);1H/t18-;;/m0../s1. The minimum atomic E-state index is -0.590. The van der Waals surface area contributed by atoms with Gasteiger partial charge in [-0.15, -0.1) is 0 Å². The maximum absolute atomic E-state index is 13.3. The summed E-state index contributed by atoms with van der Waals surface area (Å²) < 4.78 is 6.35. The van der Waals surface area contributed by atoms with E-state index in [1.165, 1.54) is 4.68 Å². The number of nitrogens with zero attached hydrogens (tertiary/aromatic N) is 3. The van der Waals surface area contributed by atoms with Crippen LogP contribution in [0, 0.1) is 5.92 Å². The number of anilines is 1. The fourth-order valence-electron chi connectivity index (χ4n) is 4.55. The molecule has 0 aliphatic carbocycles. The largest absolute Gasteiger partial charge is 0.483 e. The van der Waals surface area contributed by atoms with Crippen LogP contribution in [0.4, 0.5) is 15.3 Å². The molecule has 4 heterocycles. The molecule has 2 aromatic rings. The number of carbonyl (C=O) groups is 4. The van der Waals surface area contributed by atoms with Crippen molar-refractivity contribution in [1.29, 1.82) is 0 Å². The van der Waals surface area contributed by atoms with Crippen molar-refractivity contribution in [3.05, 3.63) is 23.9 Å². The molecule has 4 N–H and O–H groups in total. The average Bonchev–Trinajstić information content (AvgIpc) is 3.18. The van der Waals surface area contributed by atoms with Gasteiger partial charge in [0.15, 0.2) is 5.69 Å². The SMILES string of the molecule is CC(C)NC(=O)n1nc(C(=O)N[C@H]2CN3CCC2CC3)c2cc(NC(=O)OC(C)C)ccc21.O=CO.[HH]. The van der Waals surface area contributed by atoms with Crippen molar-refractivity contribution in [2.75, 3.05) is 25.0 Å². The van der Waals surface area contributed by atoms with Crippen LogP contribution in [0.2, 0.25) is 0 Å². The molecule has 3 aliphatic rings. The van der Waals surface area contributed by atoms with Crippen molar-refractivity contribution in [2.24, 2.45) is 5.92 Å². The number of hydrogen-bond acceptors (Lipinski definition) is 7. The number of rotatable bonds is 5. The maximum atomic E-state index is 13.3. The predicted molar refractivity (Wildman–Crippen MR) is 135 cm³/mol. The summed E-state index contributed by atoms with van der Waals surface area (Å²) in [5.41, 5.74) is 1.09. The molecule has 198 valence electrons. The molecule has 1 atom stereocenters. The normalized spacial score (nSPS) is 20.4. The van der Waals surface area contributed by atoms with Crippen LogP contribution >= 0.6 is 0 Å². The Morgan fingerprint density at radius 3 is 2.42 bits per heavy atom. The van der Waals surface area contributed by atoms with Gasteiger partial charge in [0, 0.05) is 31.1 Å². The molecule has 12 nitrogen and oxygen atoms in total. The second-order valence-corrected chi connectivity index (χ2v) is 9.50. The number of benzene rings is 1. The van der Waals surface area contributed by atoms with Gasteiger partial charge in [-0.3, -0.25) is 14.9 Å². The lowest BCUT2D eigenvalue weighted by Gasteiger charge is -2.44. The number of carbonyl (C=O) groups excluding carboxylic acids is 3. The van der Waals surface area contributed by atoms with E-state index in [4.69, 9.17) is 14.6 Å². The molecule has 1 aromatic heterocycles. The van der Waals surface area contributed by atoms with Crippen LogP contribution in [-0.4, -0.2) is 82.1 Å². The Morgan fingerprint density at radius 1 is 1.19 bits per heavy atom. The summed E-state index contributed by atoms with van der Waals surface area (Å²) >= 11 is 0. The van der Waals surface area contributed by atoms with Gasteiger partial charge < -0.3 is 25.4 Å².